The zero-order chi connectivity index (χ0) is 12.8. The van der Waals surface area contributed by atoms with Crippen molar-refractivity contribution < 1.29 is 4.79 Å². The summed E-state index contributed by atoms with van der Waals surface area (Å²) in [5, 5.41) is 0. The number of ketones is 1. The van der Waals surface area contributed by atoms with E-state index >= 15 is 0 Å². The van der Waals surface area contributed by atoms with Crippen LogP contribution in [0.2, 0.25) is 0 Å². The number of nitrogens with two attached hydrogens (primary N) is 1. The third-order valence-electron chi connectivity index (χ3n) is 5.17. The van der Waals surface area contributed by atoms with E-state index in [1.807, 2.05) is 0 Å². The summed E-state index contributed by atoms with van der Waals surface area (Å²) in [7, 11) is 0. The Labute approximate surface area is 112 Å². The second-order valence-electron chi connectivity index (χ2n) is 6.37. The third-order valence-corrected chi connectivity index (χ3v) is 5.17. The number of carbonyl (C=O) groups excluding carboxylic acids is 1. The molecule has 2 N–H and O–H groups in total. The fraction of sp³-hybridized carbons (Fsp3) is 0.938. The molecular weight excluding hydrogens is 222 g/mol. The summed E-state index contributed by atoms with van der Waals surface area (Å²) in [6, 6.07) is 0. The molecule has 0 aliphatic heterocycles. The lowest BCUT2D eigenvalue weighted by molar-refractivity contribution is -0.123. The van der Waals surface area contributed by atoms with Crippen molar-refractivity contribution >= 4 is 5.78 Å². The van der Waals surface area contributed by atoms with Crippen LogP contribution >= 0.6 is 0 Å². The second kappa shape index (κ2) is 7.28. The molecule has 2 nitrogen and oxygen atoms in total. The van der Waals surface area contributed by atoms with Gasteiger partial charge < -0.3 is 5.73 Å². The lowest BCUT2D eigenvalue weighted by Crippen LogP contribution is -2.17. The maximum atomic E-state index is 12.2. The lowest BCUT2D eigenvalue weighted by atomic mass is 9.77. The van der Waals surface area contributed by atoms with Crippen molar-refractivity contribution in [3.63, 3.8) is 0 Å². The van der Waals surface area contributed by atoms with Crippen LogP contribution in [0.4, 0.5) is 0 Å². The maximum Gasteiger partial charge on any atom is 0.135 e. The van der Waals surface area contributed by atoms with Crippen LogP contribution < -0.4 is 5.73 Å². The minimum Gasteiger partial charge on any atom is -0.330 e. The molecule has 0 radical (unpaired) electrons. The molecule has 2 rings (SSSR count). The smallest absolute Gasteiger partial charge is 0.135 e. The predicted molar refractivity (Wildman–Crippen MR) is 75.3 cm³/mol. The van der Waals surface area contributed by atoms with Gasteiger partial charge in [-0.15, -0.1) is 0 Å². The molecule has 2 unspecified atom stereocenters. The van der Waals surface area contributed by atoms with E-state index in [4.69, 9.17) is 5.73 Å². The van der Waals surface area contributed by atoms with Crippen LogP contribution in [-0.2, 0) is 4.79 Å². The number of fused-ring (bicyclic) bond motifs is 1. The Morgan fingerprint density at radius 2 is 1.50 bits per heavy atom. The monoisotopic (exact) mass is 251 g/mol. The van der Waals surface area contributed by atoms with E-state index in [-0.39, 0.29) is 0 Å². The van der Waals surface area contributed by atoms with Gasteiger partial charge >= 0.3 is 0 Å². The first-order valence-corrected chi connectivity index (χ1v) is 8.04. The zero-order valence-electron chi connectivity index (χ0n) is 11.7. The topological polar surface area (TPSA) is 43.1 Å². The predicted octanol–water partition coefficient (Wildman–Crippen LogP) is 3.68. The highest BCUT2D eigenvalue weighted by atomic mass is 16.1. The summed E-state index contributed by atoms with van der Waals surface area (Å²) in [5.41, 5.74) is 5.49. The van der Waals surface area contributed by atoms with E-state index in [0.717, 1.165) is 37.6 Å². The minimum absolute atomic E-state index is 0.383. The highest BCUT2D eigenvalue weighted by Crippen LogP contribution is 2.41. The second-order valence-corrected chi connectivity index (χ2v) is 6.37. The standard InChI is InChI=1S/C16H29NO/c17-12-4-3-7-16(18)15-10-8-13-5-1-2-6-14(13)9-11-15/h13-15H,1-12,17H2. The van der Waals surface area contributed by atoms with Crippen LogP contribution in [0.15, 0.2) is 0 Å². The van der Waals surface area contributed by atoms with Gasteiger partial charge in [0.15, 0.2) is 0 Å². The van der Waals surface area contributed by atoms with Crippen LogP contribution in [-0.4, -0.2) is 12.3 Å². The van der Waals surface area contributed by atoms with Gasteiger partial charge in [-0.1, -0.05) is 25.7 Å². The number of hydrogen-bond donors (Lipinski definition) is 1. The SMILES string of the molecule is NCCCCC(=O)C1CCC2CCCCC2CC1. The molecular formula is C16H29NO. The minimum atomic E-state index is 0.383. The first kappa shape index (κ1) is 14.0. The molecule has 2 aliphatic carbocycles. The van der Waals surface area contributed by atoms with Gasteiger partial charge in [0.25, 0.3) is 0 Å². The summed E-state index contributed by atoms with van der Waals surface area (Å²) in [6.45, 7) is 0.724. The van der Waals surface area contributed by atoms with Gasteiger partial charge in [0.1, 0.15) is 5.78 Å². The molecule has 0 aromatic rings. The fourth-order valence-electron chi connectivity index (χ4n) is 3.99. The van der Waals surface area contributed by atoms with Crippen LogP contribution in [0.3, 0.4) is 0 Å². The van der Waals surface area contributed by atoms with Crippen molar-refractivity contribution in [1.82, 2.24) is 0 Å². The van der Waals surface area contributed by atoms with Gasteiger partial charge in [-0.25, -0.2) is 0 Å². The molecule has 0 spiro atoms. The van der Waals surface area contributed by atoms with Crippen molar-refractivity contribution in [3.8, 4) is 0 Å². The first-order valence-electron chi connectivity index (χ1n) is 8.04. The van der Waals surface area contributed by atoms with E-state index < -0.39 is 0 Å². The van der Waals surface area contributed by atoms with Gasteiger partial charge in [-0.05, 0) is 56.9 Å². The molecule has 0 amide bonds. The molecule has 2 saturated carbocycles. The highest BCUT2D eigenvalue weighted by molar-refractivity contribution is 5.80. The Bertz CT molecular complexity index is 248. The number of unbranched alkanes of at least 4 members (excludes halogenated alkanes) is 1. The average molecular weight is 251 g/mol. The quantitative estimate of drug-likeness (QED) is 0.757. The molecule has 2 fully saturated rings. The maximum absolute atomic E-state index is 12.2. The van der Waals surface area contributed by atoms with Crippen LogP contribution in [0.5, 0.6) is 0 Å². The summed E-state index contributed by atoms with van der Waals surface area (Å²) < 4.78 is 0. The average Bonchev–Trinajstić information content (AvgIpc) is 2.61. The van der Waals surface area contributed by atoms with Crippen molar-refractivity contribution in [2.24, 2.45) is 23.5 Å². The zero-order valence-corrected chi connectivity index (χ0v) is 11.7. The number of hydrogen-bond acceptors (Lipinski definition) is 2. The first-order chi connectivity index (χ1) is 8.81. The lowest BCUT2D eigenvalue weighted by Gasteiger charge is -2.29. The summed E-state index contributed by atoms with van der Waals surface area (Å²) in [5.74, 6) is 2.80. The van der Waals surface area contributed by atoms with E-state index in [0.29, 0.717) is 11.7 Å². The molecule has 2 heteroatoms. The van der Waals surface area contributed by atoms with E-state index in [2.05, 4.69) is 0 Å². The largest absolute Gasteiger partial charge is 0.330 e. The van der Waals surface area contributed by atoms with Crippen molar-refractivity contribution in [2.75, 3.05) is 6.54 Å². The molecule has 0 heterocycles. The van der Waals surface area contributed by atoms with Gasteiger partial charge in [-0.3, -0.25) is 4.79 Å². The fourth-order valence-corrected chi connectivity index (χ4v) is 3.99. The number of carbonyl (C=O) groups is 1. The molecule has 2 aliphatic rings. The molecule has 2 atom stereocenters. The van der Waals surface area contributed by atoms with E-state index in [1.165, 1.54) is 51.4 Å². The Hall–Kier alpha value is -0.370. The van der Waals surface area contributed by atoms with Crippen LogP contribution in [0.1, 0.15) is 70.6 Å². The van der Waals surface area contributed by atoms with Gasteiger partial charge in [0.2, 0.25) is 0 Å². The van der Waals surface area contributed by atoms with Gasteiger partial charge in [0.05, 0.1) is 0 Å². The molecule has 0 aromatic carbocycles. The highest BCUT2D eigenvalue weighted by Gasteiger charge is 2.31. The molecule has 18 heavy (non-hydrogen) atoms. The summed E-state index contributed by atoms with van der Waals surface area (Å²) in [4.78, 5) is 12.2. The Morgan fingerprint density at radius 1 is 0.889 bits per heavy atom. The van der Waals surface area contributed by atoms with Gasteiger partial charge in [-0.2, -0.15) is 0 Å². The van der Waals surface area contributed by atoms with E-state index in [9.17, 15) is 4.79 Å². The number of Topliss-reactive ketones (excluding diaryl/α,β-unsaturated/α-hetero) is 1. The molecule has 0 saturated heterocycles. The molecule has 104 valence electrons. The number of rotatable bonds is 5. The summed E-state index contributed by atoms with van der Waals surface area (Å²) in [6.07, 6.45) is 13.5. The Balaban J connectivity index is 1.78. The van der Waals surface area contributed by atoms with E-state index in [1.54, 1.807) is 0 Å². The Kier molecular flexibility index (Phi) is 5.68. The normalized spacial score (nSPS) is 32.6. The van der Waals surface area contributed by atoms with Crippen LogP contribution in [0, 0.1) is 17.8 Å². The summed E-state index contributed by atoms with van der Waals surface area (Å²) >= 11 is 0. The van der Waals surface area contributed by atoms with Crippen LogP contribution in [0.25, 0.3) is 0 Å². The van der Waals surface area contributed by atoms with Gasteiger partial charge in [0, 0.05) is 12.3 Å². The third kappa shape index (κ3) is 3.81. The van der Waals surface area contributed by atoms with Crippen molar-refractivity contribution in [1.29, 1.82) is 0 Å². The van der Waals surface area contributed by atoms with Crippen molar-refractivity contribution in [2.45, 2.75) is 70.6 Å². The molecule has 0 aromatic heterocycles. The Morgan fingerprint density at radius 3 is 2.06 bits per heavy atom. The molecule has 0 bridgehead atoms. The van der Waals surface area contributed by atoms with Crippen molar-refractivity contribution in [3.05, 3.63) is 0 Å².